The van der Waals surface area contributed by atoms with Gasteiger partial charge in [-0.05, 0) is 18.6 Å². The first-order chi connectivity index (χ1) is 9.15. The molecule has 0 radical (unpaired) electrons. The lowest BCUT2D eigenvalue weighted by atomic mass is 10.1. The van der Waals surface area contributed by atoms with Crippen LogP contribution < -0.4 is 0 Å². The summed E-state index contributed by atoms with van der Waals surface area (Å²) in [4.78, 5) is 11.8. The number of carboxylic acid groups (broad SMARTS) is 1. The average molecular weight is 282 g/mol. The van der Waals surface area contributed by atoms with E-state index >= 15 is 0 Å². The van der Waals surface area contributed by atoms with E-state index in [1.165, 1.54) is 24.6 Å². The van der Waals surface area contributed by atoms with Gasteiger partial charge in [-0.1, -0.05) is 44.7 Å². The number of aliphatic hydroxyl groups excluding tert-OH is 1. The Balaban J connectivity index is 2.37. The molecule has 0 aliphatic carbocycles. The number of aromatic carboxylic acids is 1. The molecule has 0 aliphatic rings. The van der Waals surface area contributed by atoms with Gasteiger partial charge in [0.15, 0.2) is 0 Å². The number of thioether (sulfide) groups is 1. The number of benzene rings is 1. The molecular formula is C15H22O3S. The van der Waals surface area contributed by atoms with Gasteiger partial charge < -0.3 is 10.2 Å². The second kappa shape index (κ2) is 8.99. The van der Waals surface area contributed by atoms with Crippen LogP contribution in [0, 0.1) is 0 Å². The van der Waals surface area contributed by atoms with Crippen molar-refractivity contribution >= 4 is 17.7 Å². The van der Waals surface area contributed by atoms with Gasteiger partial charge >= 0.3 is 5.97 Å². The summed E-state index contributed by atoms with van der Waals surface area (Å²) in [5.41, 5.74) is 0.311. The Morgan fingerprint density at radius 1 is 1.26 bits per heavy atom. The fourth-order valence-electron chi connectivity index (χ4n) is 1.85. The van der Waals surface area contributed by atoms with Crippen LogP contribution in [-0.4, -0.2) is 28.0 Å². The van der Waals surface area contributed by atoms with E-state index in [1.807, 2.05) is 6.07 Å². The standard InChI is InChI=1S/C15H22O3S/c1-2-3-4-5-8-12(16)11-19-14-10-7-6-9-13(14)15(17)18/h6-7,9-10,12,16H,2-5,8,11H2,1H3,(H,17,18). The van der Waals surface area contributed by atoms with Crippen molar-refractivity contribution in [3.63, 3.8) is 0 Å². The summed E-state index contributed by atoms with van der Waals surface area (Å²) in [5, 5.41) is 18.9. The molecule has 0 aliphatic heterocycles. The third-order valence-electron chi connectivity index (χ3n) is 2.94. The second-order valence-electron chi connectivity index (χ2n) is 4.62. The van der Waals surface area contributed by atoms with E-state index in [1.54, 1.807) is 18.2 Å². The third kappa shape index (κ3) is 6.12. The molecular weight excluding hydrogens is 260 g/mol. The first kappa shape index (κ1) is 16.1. The summed E-state index contributed by atoms with van der Waals surface area (Å²) in [6.07, 6.45) is 5.03. The predicted octanol–water partition coefficient (Wildman–Crippen LogP) is 3.81. The van der Waals surface area contributed by atoms with Crippen LogP contribution in [0.25, 0.3) is 0 Å². The normalized spacial score (nSPS) is 12.3. The maximum absolute atomic E-state index is 11.0. The lowest BCUT2D eigenvalue weighted by molar-refractivity contribution is 0.0693. The molecule has 1 aromatic rings. The van der Waals surface area contributed by atoms with Crippen LogP contribution in [0.3, 0.4) is 0 Å². The van der Waals surface area contributed by atoms with Crippen LogP contribution in [-0.2, 0) is 0 Å². The van der Waals surface area contributed by atoms with Crippen LogP contribution in [0.5, 0.6) is 0 Å². The van der Waals surface area contributed by atoms with Crippen molar-refractivity contribution in [2.75, 3.05) is 5.75 Å². The molecule has 1 atom stereocenters. The second-order valence-corrected chi connectivity index (χ2v) is 5.68. The minimum atomic E-state index is -0.916. The zero-order valence-electron chi connectivity index (χ0n) is 11.3. The molecule has 19 heavy (non-hydrogen) atoms. The highest BCUT2D eigenvalue weighted by atomic mass is 32.2. The number of hydrogen-bond acceptors (Lipinski definition) is 3. The topological polar surface area (TPSA) is 57.5 Å². The van der Waals surface area contributed by atoms with Gasteiger partial charge in [0.25, 0.3) is 0 Å². The Labute approximate surface area is 119 Å². The van der Waals surface area contributed by atoms with E-state index in [4.69, 9.17) is 5.11 Å². The van der Waals surface area contributed by atoms with Crippen molar-refractivity contribution in [2.45, 2.75) is 50.0 Å². The smallest absolute Gasteiger partial charge is 0.336 e. The highest BCUT2D eigenvalue weighted by molar-refractivity contribution is 7.99. The van der Waals surface area contributed by atoms with E-state index in [9.17, 15) is 9.90 Å². The zero-order chi connectivity index (χ0) is 14.1. The van der Waals surface area contributed by atoms with Crippen LogP contribution >= 0.6 is 11.8 Å². The Morgan fingerprint density at radius 3 is 2.68 bits per heavy atom. The third-order valence-corrected chi connectivity index (χ3v) is 4.16. The van der Waals surface area contributed by atoms with Gasteiger partial charge in [0.1, 0.15) is 0 Å². The minimum Gasteiger partial charge on any atom is -0.478 e. The molecule has 0 saturated carbocycles. The largest absolute Gasteiger partial charge is 0.478 e. The number of hydrogen-bond donors (Lipinski definition) is 2. The van der Waals surface area contributed by atoms with Gasteiger partial charge in [-0.15, -0.1) is 11.8 Å². The number of aliphatic hydroxyl groups is 1. The predicted molar refractivity (Wildman–Crippen MR) is 78.9 cm³/mol. The summed E-state index contributed by atoms with van der Waals surface area (Å²) in [6.45, 7) is 2.16. The Hall–Kier alpha value is -1.00. The van der Waals surface area contributed by atoms with Gasteiger partial charge in [-0.2, -0.15) is 0 Å². The molecule has 1 rings (SSSR count). The molecule has 1 aromatic carbocycles. The van der Waals surface area contributed by atoms with Gasteiger partial charge in [0.05, 0.1) is 11.7 Å². The first-order valence-corrected chi connectivity index (χ1v) is 7.77. The summed E-state index contributed by atoms with van der Waals surface area (Å²) >= 11 is 1.42. The zero-order valence-corrected chi connectivity index (χ0v) is 12.2. The summed E-state index contributed by atoms with van der Waals surface area (Å²) in [6, 6.07) is 6.92. The highest BCUT2D eigenvalue weighted by Gasteiger charge is 2.11. The summed E-state index contributed by atoms with van der Waals surface area (Å²) in [7, 11) is 0. The first-order valence-electron chi connectivity index (χ1n) is 6.78. The highest BCUT2D eigenvalue weighted by Crippen LogP contribution is 2.24. The molecule has 0 heterocycles. The van der Waals surface area contributed by atoms with Crippen molar-refractivity contribution in [1.29, 1.82) is 0 Å². The maximum Gasteiger partial charge on any atom is 0.336 e. The lowest BCUT2D eigenvalue weighted by Crippen LogP contribution is -2.10. The minimum absolute atomic E-state index is 0.311. The van der Waals surface area contributed by atoms with E-state index in [0.717, 1.165) is 24.2 Å². The Kier molecular flexibility index (Phi) is 7.60. The molecule has 106 valence electrons. The molecule has 4 heteroatoms. The molecule has 0 saturated heterocycles. The monoisotopic (exact) mass is 282 g/mol. The Morgan fingerprint density at radius 2 is 2.00 bits per heavy atom. The lowest BCUT2D eigenvalue weighted by Gasteiger charge is -2.11. The quantitative estimate of drug-likeness (QED) is 0.534. The molecule has 1 unspecified atom stereocenters. The van der Waals surface area contributed by atoms with Gasteiger partial charge in [-0.3, -0.25) is 0 Å². The average Bonchev–Trinajstić information content (AvgIpc) is 2.41. The van der Waals surface area contributed by atoms with Crippen molar-refractivity contribution in [1.82, 2.24) is 0 Å². The summed E-state index contributed by atoms with van der Waals surface area (Å²) in [5.74, 6) is -0.364. The fraction of sp³-hybridized carbons (Fsp3) is 0.533. The molecule has 0 amide bonds. The van der Waals surface area contributed by atoms with Crippen molar-refractivity contribution in [2.24, 2.45) is 0 Å². The number of carboxylic acids is 1. The number of carbonyl (C=O) groups is 1. The summed E-state index contributed by atoms with van der Waals surface area (Å²) < 4.78 is 0. The van der Waals surface area contributed by atoms with E-state index in [0.29, 0.717) is 11.3 Å². The molecule has 0 spiro atoms. The fourth-order valence-corrected chi connectivity index (χ4v) is 2.87. The molecule has 2 N–H and O–H groups in total. The van der Waals surface area contributed by atoms with E-state index in [2.05, 4.69) is 6.92 Å². The number of unbranched alkanes of at least 4 members (excludes halogenated alkanes) is 3. The van der Waals surface area contributed by atoms with Crippen LogP contribution in [0.15, 0.2) is 29.2 Å². The van der Waals surface area contributed by atoms with Gasteiger partial charge in [-0.25, -0.2) is 4.79 Å². The molecule has 0 fully saturated rings. The SMILES string of the molecule is CCCCCCC(O)CSc1ccccc1C(=O)O. The van der Waals surface area contributed by atoms with Crippen molar-refractivity contribution in [3.8, 4) is 0 Å². The van der Waals surface area contributed by atoms with Gasteiger partial charge in [0, 0.05) is 10.6 Å². The molecule has 0 aromatic heterocycles. The van der Waals surface area contributed by atoms with Gasteiger partial charge in [0.2, 0.25) is 0 Å². The molecule has 0 bridgehead atoms. The number of rotatable bonds is 9. The maximum atomic E-state index is 11.0. The molecule has 3 nitrogen and oxygen atoms in total. The van der Waals surface area contributed by atoms with E-state index < -0.39 is 5.97 Å². The van der Waals surface area contributed by atoms with Crippen LogP contribution in [0.4, 0.5) is 0 Å². The van der Waals surface area contributed by atoms with Crippen molar-refractivity contribution in [3.05, 3.63) is 29.8 Å². The Bertz CT molecular complexity index is 393. The van der Waals surface area contributed by atoms with Crippen LogP contribution in [0.1, 0.15) is 49.4 Å². The van der Waals surface area contributed by atoms with Crippen LogP contribution in [0.2, 0.25) is 0 Å². The van der Waals surface area contributed by atoms with E-state index in [-0.39, 0.29) is 6.10 Å². The van der Waals surface area contributed by atoms with Crippen molar-refractivity contribution < 1.29 is 15.0 Å².